The van der Waals surface area contributed by atoms with Crippen LogP contribution in [0.4, 0.5) is 10.1 Å². The van der Waals surface area contributed by atoms with Gasteiger partial charge in [-0.3, -0.25) is 9.78 Å². The van der Waals surface area contributed by atoms with Crippen molar-refractivity contribution >= 4 is 11.6 Å². The molecule has 1 amide bonds. The fraction of sp³-hybridized carbons (Fsp3) is 0.182. The van der Waals surface area contributed by atoms with Gasteiger partial charge in [0, 0.05) is 17.4 Å². The van der Waals surface area contributed by atoms with Crippen LogP contribution >= 0.6 is 0 Å². The molecule has 0 bridgehead atoms. The highest BCUT2D eigenvalue weighted by Crippen LogP contribution is 2.32. The van der Waals surface area contributed by atoms with Gasteiger partial charge in [-0.05, 0) is 47.9 Å². The summed E-state index contributed by atoms with van der Waals surface area (Å²) in [5.41, 5.74) is 2.79. The number of carbonyl (C=O) groups excluding carboxylic acids is 1. The summed E-state index contributed by atoms with van der Waals surface area (Å²) in [7, 11) is 0. The van der Waals surface area contributed by atoms with E-state index < -0.39 is 6.10 Å². The van der Waals surface area contributed by atoms with Crippen LogP contribution in [0.3, 0.4) is 0 Å². The summed E-state index contributed by atoms with van der Waals surface area (Å²) in [6.07, 6.45) is 2.69. The van der Waals surface area contributed by atoms with E-state index in [0.717, 1.165) is 11.1 Å². The molecular formula is C22H19FN2O3. The molecule has 1 atom stereocenters. The van der Waals surface area contributed by atoms with Gasteiger partial charge in [-0.25, -0.2) is 4.39 Å². The molecule has 0 unspecified atom stereocenters. The van der Waals surface area contributed by atoms with Gasteiger partial charge in [-0.15, -0.1) is 0 Å². The molecular weight excluding hydrogens is 359 g/mol. The molecule has 0 saturated carbocycles. The SMILES string of the molecule is CCc1cc(-c2ccncc2F)ccc1NC(=O)[C@@H]1COc2ccccc2O1. The molecule has 6 heteroatoms. The smallest absolute Gasteiger partial charge is 0.269 e. The van der Waals surface area contributed by atoms with Crippen molar-refractivity contribution < 1.29 is 18.7 Å². The Bertz CT molecular complexity index is 1020. The predicted octanol–water partition coefficient (Wildman–Crippen LogP) is 4.23. The minimum absolute atomic E-state index is 0.143. The number of nitrogens with zero attached hydrogens (tertiary/aromatic N) is 1. The summed E-state index contributed by atoms with van der Waals surface area (Å²) in [6, 6.07) is 14.3. The van der Waals surface area contributed by atoms with Gasteiger partial charge in [-0.1, -0.05) is 25.1 Å². The van der Waals surface area contributed by atoms with Crippen molar-refractivity contribution in [1.29, 1.82) is 0 Å². The summed E-state index contributed by atoms with van der Waals surface area (Å²) in [6.45, 7) is 2.12. The second-order valence-corrected chi connectivity index (χ2v) is 6.43. The number of para-hydroxylation sites is 2. The van der Waals surface area contributed by atoms with Crippen LogP contribution in [0.15, 0.2) is 60.9 Å². The Labute approximate surface area is 162 Å². The quantitative estimate of drug-likeness (QED) is 0.738. The van der Waals surface area contributed by atoms with Crippen LogP contribution in [0, 0.1) is 5.82 Å². The molecule has 0 radical (unpaired) electrons. The monoisotopic (exact) mass is 378 g/mol. The first-order valence-corrected chi connectivity index (χ1v) is 9.08. The zero-order valence-electron chi connectivity index (χ0n) is 15.3. The average Bonchev–Trinajstić information content (AvgIpc) is 2.74. The zero-order chi connectivity index (χ0) is 19.5. The predicted molar refractivity (Wildman–Crippen MR) is 104 cm³/mol. The number of fused-ring (bicyclic) bond motifs is 1. The Kier molecular flexibility index (Phi) is 4.93. The van der Waals surface area contributed by atoms with E-state index in [4.69, 9.17) is 9.47 Å². The number of hydrogen-bond donors (Lipinski definition) is 1. The Morgan fingerprint density at radius 3 is 2.82 bits per heavy atom. The molecule has 1 aliphatic rings. The number of aryl methyl sites for hydroxylation is 1. The largest absolute Gasteiger partial charge is 0.485 e. The number of benzene rings is 2. The lowest BCUT2D eigenvalue weighted by atomic mass is 10.0. The van der Waals surface area contributed by atoms with Crippen molar-refractivity contribution in [2.45, 2.75) is 19.4 Å². The molecule has 1 aliphatic heterocycles. The second kappa shape index (κ2) is 7.68. The standard InChI is InChI=1S/C22H19FN2O3/c1-2-14-11-15(16-9-10-24-12-17(16)23)7-8-18(14)25-22(26)21-13-27-19-5-3-4-6-20(19)28-21/h3-12,21H,2,13H2,1H3,(H,25,26)/t21-/m0/s1. The van der Waals surface area contributed by atoms with Crippen molar-refractivity contribution in [3.8, 4) is 22.6 Å². The van der Waals surface area contributed by atoms with Crippen LogP contribution in [0.1, 0.15) is 12.5 Å². The molecule has 2 aromatic carbocycles. The highest BCUT2D eigenvalue weighted by Gasteiger charge is 2.27. The van der Waals surface area contributed by atoms with Crippen molar-refractivity contribution in [3.05, 3.63) is 72.3 Å². The fourth-order valence-electron chi connectivity index (χ4n) is 3.15. The van der Waals surface area contributed by atoms with Gasteiger partial charge in [-0.2, -0.15) is 0 Å². The highest BCUT2D eigenvalue weighted by atomic mass is 19.1. The number of ether oxygens (including phenoxy) is 2. The van der Waals surface area contributed by atoms with Crippen LogP contribution in [-0.4, -0.2) is 23.6 Å². The average molecular weight is 378 g/mol. The van der Waals surface area contributed by atoms with Crippen molar-refractivity contribution in [3.63, 3.8) is 0 Å². The summed E-state index contributed by atoms with van der Waals surface area (Å²) in [5, 5.41) is 2.91. The molecule has 4 rings (SSSR count). The van der Waals surface area contributed by atoms with E-state index in [0.29, 0.717) is 29.2 Å². The van der Waals surface area contributed by atoms with Crippen molar-refractivity contribution in [2.24, 2.45) is 0 Å². The third-order valence-electron chi connectivity index (χ3n) is 4.63. The number of aromatic nitrogens is 1. The van der Waals surface area contributed by atoms with E-state index in [1.165, 1.54) is 6.20 Å². The van der Waals surface area contributed by atoms with Crippen LogP contribution in [-0.2, 0) is 11.2 Å². The van der Waals surface area contributed by atoms with Crippen molar-refractivity contribution in [2.75, 3.05) is 11.9 Å². The summed E-state index contributed by atoms with van der Waals surface area (Å²) in [5.74, 6) is 0.512. The van der Waals surface area contributed by atoms with Gasteiger partial charge < -0.3 is 14.8 Å². The molecule has 2 heterocycles. The van der Waals surface area contributed by atoms with E-state index in [2.05, 4.69) is 10.3 Å². The van der Waals surface area contributed by atoms with Gasteiger partial charge in [0.1, 0.15) is 12.4 Å². The Balaban J connectivity index is 1.53. The summed E-state index contributed by atoms with van der Waals surface area (Å²) < 4.78 is 25.4. The van der Waals surface area contributed by atoms with Gasteiger partial charge in [0.2, 0.25) is 6.10 Å². The van der Waals surface area contributed by atoms with Crippen LogP contribution < -0.4 is 14.8 Å². The van der Waals surface area contributed by atoms with Gasteiger partial charge in [0.05, 0.1) is 6.20 Å². The number of nitrogens with one attached hydrogen (secondary N) is 1. The van der Waals surface area contributed by atoms with Crippen LogP contribution in [0.5, 0.6) is 11.5 Å². The lowest BCUT2D eigenvalue weighted by molar-refractivity contribution is -0.125. The minimum atomic E-state index is -0.739. The molecule has 0 saturated heterocycles. The van der Waals surface area contributed by atoms with Gasteiger partial charge in [0.15, 0.2) is 11.5 Å². The number of amides is 1. The first-order chi connectivity index (χ1) is 13.7. The summed E-state index contributed by atoms with van der Waals surface area (Å²) in [4.78, 5) is 16.5. The molecule has 1 aromatic heterocycles. The molecule has 0 aliphatic carbocycles. The maximum absolute atomic E-state index is 14.0. The van der Waals surface area contributed by atoms with Gasteiger partial charge >= 0.3 is 0 Å². The maximum atomic E-state index is 14.0. The third kappa shape index (κ3) is 3.53. The third-order valence-corrected chi connectivity index (χ3v) is 4.63. The zero-order valence-corrected chi connectivity index (χ0v) is 15.3. The number of pyridine rings is 1. The van der Waals surface area contributed by atoms with Crippen molar-refractivity contribution in [1.82, 2.24) is 4.98 Å². The first-order valence-electron chi connectivity index (χ1n) is 9.08. The van der Waals surface area contributed by atoms with E-state index in [-0.39, 0.29) is 18.3 Å². The number of hydrogen-bond acceptors (Lipinski definition) is 4. The number of carbonyl (C=O) groups is 1. The maximum Gasteiger partial charge on any atom is 0.269 e. The molecule has 0 spiro atoms. The fourth-order valence-corrected chi connectivity index (χ4v) is 3.15. The molecule has 0 fully saturated rings. The van der Waals surface area contributed by atoms with E-state index in [9.17, 15) is 9.18 Å². The van der Waals surface area contributed by atoms with Gasteiger partial charge in [0.25, 0.3) is 5.91 Å². The lowest BCUT2D eigenvalue weighted by Gasteiger charge is -2.26. The Morgan fingerprint density at radius 2 is 2.04 bits per heavy atom. The number of rotatable bonds is 4. The molecule has 3 aromatic rings. The Hall–Kier alpha value is -3.41. The molecule has 5 nitrogen and oxygen atoms in total. The summed E-state index contributed by atoms with van der Waals surface area (Å²) >= 11 is 0. The highest BCUT2D eigenvalue weighted by molar-refractivity contribution is 5.95. The van der Waals surface area contributed by atoms with E-state index >= 15 is 0 Å². The van der Waals surface area contributed by atoms with E-state index in [1.54, 1.807) is 36.5 Å². The van der Waals surface area contributed by atoms with E-state index in [1.807, 2.05) is 25.1 Å². The molecule has 142 valence electrons. The molecule has 1 N–H and O–H groups in total. The Morgan fingerprint density at radius 1 is 1.21 bits per heavy atom. The van der Waals surface area contributed by atoms with Crippen LogP contribution in [0.25, 0.3) is 11.1 Å². The minimum Gasteiger partial charge on any atom is -0.485 e. The second-order valence-electron chi connectivity index (χ2n) is 6.43. The number of anilines is 1. The number of halogens is 1. The lowest BCUT2D eigenvalue weighted by Crippen LogP contribution is -2.40. The normalized spacial score (nSPS) is 15.1. The first kappa shape index (κ1) is 18.0. The topological polar surface area (TPSA) is 60.5 Å². The van der Waals surface area contributed by atoms with Crippen LogP contribution in [0.2, 0.25) is 0 Å². The molecule has 28 heavy (non-hydrogen) atoms.